The van der Waals surface area contributed by atoms with E-state index in [0.717, 1.165) is 6.26 Å². The van der Waals surface area contributed by atoms with Crippen LogP contribution >= 0.6 is 11.6 Å². The van der Waals surface area contributed by atoms with Crippen molar-refractivity contribution in [1.29, 1.82) is 0 Å². The number of ether oxygens (including phenoxy) is 2. The van der Waals surface area contributed by atoms with Gasteiger partial charge in [0.05, 0.1) is 18.8 Å². The summed E-state index contributed by atoms with van der Waals surface area (Å²) in [7, 11) is 0. The molecule has 0 aliphatic carbocycles. The zero-order valence-electron chi connectivity index (χ0n) is 6.66. The number of esters is 1. The van der Waals surface area contributed by atoms with Crippen molar-refractivity contribution in [3.63, 3.8) is 0 Å². The third kappa shape index (κ3) is 15.9. The Morgan fingerprint density at radius 2 is 1.75 bits per heavy atom. The van der Waals surface area contributed by atoms with Crippen LogP contribution in [0.15, 0.2) is 38.5 Å². The molecule has 0 aromatic rings. The van der Waals surface area contributed by atoms with Crippen LogP contribution in [0.25, 0.3) is 0 Å². The third-order valence-electron chi connectivity index (χ3n) is 0.516. The molecule has 12 heavy (non-hydrogen) atoms. The molecule has 0 aromatic carbocycles. The number of hydrogen-bond donors (Lipinski definition) is 0. The van der Waals surface area contributed by atoms with Crippen LogP contribution in [0.2, 0.25) is 0 Å². The van der Waals surface area contributed by atoms with Gasteiger partial charge in [-0.05, 0) is 0 Å². The number of rotatable bonds is 4. The summed E-state index contributed by atoms with van der Waals surface area (Å²) in [5, 5.41) is 0. The van der Waals surface area contributed by atoms with Crippen molar-refractivity contribution in [3.8, 4) is 0 Å². The van der Waals surface area contributed by atoms with E-state index >= 15 is 0 Å². The molecule has 4 heteroatoms. The first-order chi connectivity index (χ1) is 5.72. The Labute approximate surface area is 76.9 Å². The molecule has 0 aliphatic heterocycles. The molecule has 0 heterocycles. The number of carbonyl (C=O) groups excluding carboxylic acids is 1. The molecule has 0 fully saturated rings. The maximum Gasteiger partial charge on any atom is 0.325 e. The predicted molar refractivity (Wildman–Crippen MR) is 48.5 cm³/mol. The van der Waals surface area contributed by atoms with Crippen molar-refractivity contribution < 1.29 is 14.3 Å². The van der Waals surface area contributed by atoms with Gasteiger partial charge in [-0.3, -0.25) is 4.79 Å². The van der Waals surface area contributed by atoms with Crippen molar-refractivity contribution in [2.75, 3.05) is 5.88 Å². The standard InChI is InChI=1S/C4H5ClO2.C4H6O/c1-2-7-4(6)3-5;1-3-5-4-2/h2H,1,3H2;3-4H,1-2H2. The van der Waals surface area contributed by atoms with E-state index in [1.807, 2.05) is 0 Å². The molecule has 0 N–H and O–H groups in total. The van der Waals surface area contributed by atoms with Crippen molar-refractivity contribution >= 4 is 17.6 Å². The first-order valence-electron chi connectivity index (χ1n) is 2.96. The van der Waals surface area contributed by atoms with Crippen molar-refractivity contribution in [2.24, 2.45) is 0 Å². The minimum Gasteiger partial charge on any atom is -0.474 e. The quantitative estimate of drug-likeness (QED) is 0.387. The van der Waals surface area contributed by atoms with Gasteiger partial charge in [0, 0.05) is 0 Å². The highest BCUT2D eigenvalue weighted by molar-refractivity contribution is 6.26. The topological polar surface area (TPSA) is 35.5 Å². The first-order valence-corrected chi connectivity index (χ1v) is 3.50. The largest absolute Gasteiger partial charge is 0.474 e. The van der Waals surface area contributed by atoms with Crippen molar-refractivity contribution in [1.82, 2.24) is 0 Å². The van der Waals surface area contributed by atoms with Gasteiger partial charge in [0.15, 0.2) is 0 Å². The summed E-state index contributed by atoms with van der Waals surface area (Å²) in [5.74, 6) is -0.594. The molecule has 0 radical (unpaired) electrons. The van der Waals surface area contributed by atoms with Crippen LogP contribution in [-0.4, -0.2) is 11.8 Å². The van der Waals surface area contributed by atoms with E-state index in [-0.39, 0.29) is 5.88 Å². The zero-order valence-corrected chi connectivity index (χ0v) is 7.42. The molecule has 0 saturated heterocycles. The van der Waals surface area contributed by atoms with Gasteiger partial charge >= 0.3 is 5.97 Å². The van der Waals surface area contributed by atoms with Crippen LogP contribution in [0.3, 0.4) is 0 Å². The number of hydrogen-bond acceptors (Lipinski definition) is 3. The average molecular weight is 191 g/mol. The Hall–Kier alpha value is -1.22. The smallest absolute Gasteiger partial charge is 0.325 e. The Balaban J connectivity index is 0. The fourth-order valence-electron chi connectivity index (χ4n) is 0.192. The Morgan fingerprint density at radius 1 is 1.25 bits per heavy atom. The van der Waals surface area contributed by atoms with Gasteiger partial charge in [0.25, 0.3) is 0 Å². The highest BCUT2D eigenvalue weighted by atomic mass is 35.5. The third-order valence-corrected chi connectivity index (χ3v) is 0.735. The Morgan fingerprint density at radius 3 is 1.83 bits per heavy atom. The van der Waals surface area contributed by atoms with Crippen LogP contribution in [0.5, 0.6) is 0 Å². The molecule has 0 unspecified atom stereocenters. The van der Waals surface area contributed by atoms with Crippen LogP contribution in [0.4, 0.5) is 0 Å². The molecular weight excluding hydrogens is 180 g/mol. The van der Waals surface area contributed by atoms with Gasteiger partial charge in [-0.25, -0.2) is 0 Å². The minimum absolute atomic E-state index is 0.119. The second-order valence-corrected chi connectivity index (χ2v) is 1.53. The zero-order chi connectivity index (χ0) is 9.82. The summed E-state index contributed by atoms with van der Waals surface area (Å²) in [5.41, 5.74) is 0. The lowest BCUT2D eigenvalue weighted by atomic mass is 10.8. The summed E-state index contributed by atoms with van der Waals surface area (Å²) >= 11 is 5.01. The van der Waals surface area contributed by atoms with E-state index in [1.165, 1.54) is 12.5 Å². The van der Waals surface area contributed by atoms with E-state index in [4.69, 9.17) is 11.6 Å². The molecule has 3 nitrogen and oxygen atoms in total. The van der Waals surface area contributed by atoms with E-state index in [0.29, 0.717) is 0 Å². The van der Waals surface area contributed by atoms with E-state index < -0.39 is 5.97 Å². The monoisotopic (exact) mass is 190 g/mol. The average Bonchev–Trinajstić information content (AvgIpc) is 2.07. The predicted octanol–water partition coefficient (Wildman–Crippen LogP) is 2.20. The lowest BCUT2D eigenvalue weighted by Gasteiger charge is -1.87. The van der Waals surface area contributed by atoms with E-state index in [1.54, 1.807) is 0 Å². The maximum absolute atomic E-state index is 9.99. The van der Waals surface area contributed by atoms with E-state index in [9.17, 15) is 4.79 Å². The Kier molecular flexibility index (Phi) is 13.9. The van der Waals surface area contributed by atoms with Crippen molar-refractivity contribution in [2.45, 2.75) is 0 Å². The molecule has 0 bridgehead atoms. The fraction of sp³-hybridized carbons (Fsp3) is 0.125. The maximum atomic E-state index is 9.99. The molecule has 0 spiro atoms. The van der Waals surface area contributed by atoms with Gasteiger partial charge in [0.1, 0.15) is 5.88 Å². The van der Waals surface area contributed by atoms with Gasteiger partial charge in [0.2, 0.25) is 0 Å². The van der Waals surface area contributed by atoms with Gasteiger partial charge in [-0.1, -0.05) is 19.7 Å². The molecule has 0 aliphatic rings. The minimum atomic E-state index is -0.475. The number of carbonyl (C=O) groups is 1. The fourth-order valence-corrected chi connectivity index (χ4v) is 0.255. The molecular formula is C8H11ClO3. The number of alkyl halides is 1. The SMILES string of the molecule is C=COC(=O)CCl.C=COC=C. The van der Waals surface area contributed by atoms with Crippen LogP contribution in [-0.2, 0) is 14.3 Å². The molecule has 0 saturated carbocycles. The molecule has 0 atom stereocenters. The van der Waals surface area contributed by atoms with Gasteiger partial charge < -0.3 is 9.47 Å². The van der Waals surface area contributed by atoms with Crippen LogP contribution in [0, 0.1) is 0 Å². The van der Waals surface area contributed by atoms with Crippen LogP contribution in [0.1, 0.15) is 0 Å². The second kappa shape index (κ2) is 12.5. The summed E-state index contributed by atoms with van der Waals surface area (Å²) in [4.78, 5) is 9.99. The molecule has 0 amide bonds. The highest BCUT2D eigenvalue weighted by Gasteiger charge is 1.91. The summed E-state index contributed by atoms with van der Waals surface area (Å²) in [6, 6.07) is 0. The second-order valence-electron chi connectivity index (χ2n) is 1.26. The highest BCUT2D eigenvalue weighted by Crippen LogP contribution is 1.80. The molecule has 0 aromatic heterocycles. The summed E-state index contributed by atoms with van der Waals surface area (Å²) < 4.78 is 8.55. The summed E-state index contributed by atoms with van der Waals surface area (Å²) in [6.07, 6.45) is 3.67. The van der Waals surface area contributed by atoms with Crippen molar-refractivity contribution in [3.05, 3.63) is 38.5 Å². The Bertz CT molecular complexity index is 148. The van der Waals surface area contributed by atoms with E-state index in [2.05, 4.69) is 29.2 Å². The summed E-state index contributed by atoms with van der Waals surface area (Å²) in [6.45, 7) is 9.66. The lowest BCUT2D eigenvalue weighted by molar-refractivity contribution is -0.135. The first kappa shape index (κ1) is 13.4. The van der Waals surface area contributed by atoms with Gasteiger partial charge in [-0.15, -0.1) is 11.6 Å². The lowest BCUT2D eigenvalue weighted by Crippen LogP contribution is -1.98. The number of halogens is 1. The normalized spacial score (nSPS) is 6.75. The molecule has 68 valence electrons. The van der Waals surface area contributed by atoms with Crippen LogP contribution < -0.4 is 0 Å². The molecule has 0 rings (SSSR count). The van der Waals surface area contributed by atoms with Gasteiger partial charge in [-0.2, -0.15) is 0 Å².